The van der Waals surface area contributed by atoms with E-state index in [4.69, 9.17) is 0 Å². The van der Waals surface area contributed by atoms with Crippen LogP contribution in [0.25, 0.3) is 0 Å². The lowest BCUT2D eigenvalue weighted by Gasteiger charge is -2.23. The van der Waals surface area contributed by atoms with Crippen LogP contribution in [-0.2, 0) is 10.0 Å². The Morgan fingerprint density at radius 2 is 1.67 bits per heavy atom. The summed E-state index contributed by atoms with van der Waals surface area (Å²) in [6.45, 7) is 3.39. The number of rotatable bonds is 6. The van der Waals surface area contributed by atoms with Crippen molar-refractivity contribution in [3.63, 3.8) is 0 Å². The second-order valence-corrected chi connectivity index (χ2v) is 8.43. The minimum atomic E-state index is -4.04. The van der Waals surface area contributed by atoms with Gasteiger partial charge < -0.3 is 5.32 Å². The van der Waals surface area contributed by atoms with Gasteiger partial charge in [0.15, 0.2) is 0 Å². The Bertz CT molecular complexity index is 1180. The van der Waals surface area contributed by atoms with Gasteiger partial charge in [-0.25, -0.2) is 17.2 Å². The fourth-order valence-corrected chi connectivity index (χ4v) is 4.42. The van der Waals surface area contributed by atoms with E-state index in [9.17, 15) is 22.0 Å². The van der Waals surface area contributed by atoms with Crippen molar-refractivity contribution in [2.75, 3.05) is 16.2 Å². The Morgan fingerprint density at radius 3 is 2.30 bits per heavy atom. The van der Waals surface area contributed by atoms with Crippen LogP contribution in [0.5, 0.6) is 0 Å². The maximum Gasteiger partial charge on any atom is 0.264 e. The van der Waals surface area contributed by atoms with Crippen LogP contribution >= 0.6 is 0 Å². The fourth-order valence-electron chi connectivity index (χ4n) is 2.92. The molecule has 0 unspecified atom stereocenters. The number of sulfonamides is 1. The standard InChI is InChI=1S/C22H20F2N2O3S/c1-3-26(17-7-5-4-6-8-17)30(28,29)18-11-12-20(23)19(14-18)22(27)25-16-10-9-15(2)21(24)13-16/h4-14H,3H2,1-2H3,(H,25,27). The second kappa shape index (κ2) is 8.62. The highest BCUT2D eigenvalue weighted by molar-refractivity contribution is 7.92. The summed E-state index contributed by atoms with van der Waals surface area (Å²) in [7, 11) is -4.04. The number of anilines is 2. The summed E-state index contributed by atoms with van der Waals surface area (Å²) in [5.41, 5.74) is 0.523. The summed E-state index contributed by atoms with van der Waals surface area (Å²) in [5.74, 6) is -2.29. The van der Waals surface area contributed by atoms with Crippen LogP contribution in [0.4, 0.5) is 20.2 Å². The molecule has 3 rings (SSSR count). The molecule has 0 bridgehead atoms. The molecular formula is C22H20F2N2O3S. The van der Waals surface area contributed by atoms with E-state index in [1.54, 1.807) is 44.2 Å². The normalized spacial score (nSPS) is 11.2. The topological polar surface area (TPSA) is 66.5 Å². The van der Waals surface area contributed by atoms with E-state index >= 15 is 0 Å². The molecule has 156 valence electrons. The van der Waals surface area contributed by atoms with Gasteiger partial charge in [0, 0.05) is 12.2 Å². The number of aryl methyl sites for hydroxylation is 1. The molecule has 1 N–H and O–H groups in total. The molecule has 0 fully saturated rings. The van der Waals surface area contributed by atoms with Crippen molar-refractivity contribution in [2.45, 2.75) is 18.7 Å². The third kappa shape index (κ3) is 4.33. The van der Waals surface area contributed by atoms with E-state index < -0.39 is 33.1 Å². The van der Waals surface area contributed by atoms with Crippen LogP contribution in [0.3, 0.4) is 0 Å². The lowest BCUT2D eigenvalue weighted by atomic mass is 10.1. The molecule has 0 aliphatic heterocycles. The maximum absolute atomic E-state index is 14.3. The Hall–Kier alpha value is -3.26. The average molecular weight is 430 g/mol. The zero-order chi connectivity index (χ0) is 21.9. The molecule has 0 atom stereocenters. The van der Waals surface area contributed by atoms with Crippen LogP contribution in [0, 0.1) is 18.6 Å². The largest absolute Gasteiger partial charge is 0.322 e. The highest BCUT2D eigenvalue weighted by Crippen LogP contribution is 2.25. The van der Waals surface area contributed by atoms with E-state index in [1.807, 2.05) is 0 Å². The third-order valence-electron chi connectivity index (χ3n) is 4.53. The van der Waals surface area contributed by atoms with E-state index in [-0.39, 0.29) is 17.1 Å². The summed E-state index contributed by atoms with van der Waals surface area (Å²) in [6.07, 6.45) is 0. The van der Waals surface area contributed by atoms with Gasteiger partial charge in [0.2, 0.25) is 0 Å². The highest BCUT2D eigenvalue weighted by Gasteiger charge is 2.26. The van der Waals surface area contributed by atoms with Crippen molar-refractivity contribution in [3.05, 3.63) is 89.5 Å². The number of benzene rings is 3. The molecule has 0 saturated carbocycles. The number of carbonyl (C=O) groups is 1. The van der Waals surface area contributed by atoms with Crippen LogP contribution in [-0.4, -0.2) is 20.9 Å². The quantitative estimate of drug-likeness (QED) is 0.614. The molecule has 3 aromatic carbocycles. The highest BCUT2D eigenvalue weighted by atomic mass is 32.2. The monoisotopic (exact) mass is 430 g/mol. The molecule has 30 heavy (non-hydrogen) atoms. The summed E-state index contributed by atoms with van der Waals surface area (Å²) in [5, 5.41) is 2.39. The smallest absolute Gasteiger partial charge is 0.264 e. The SMILES string of the molecule is CCN(c1ccccc1)S(=O)(=O)c1ccc(F)c(C(=O)Nc2ccc(C)c(F)c2)c1. The maximum atomic E-state index is 14.3. The van der Waals surface area contributed by atoms with Crippen LogP contribution in [0.1, 0.15) is 22.8 Å². The molecule has 0 heterocycles. The van der Waals surface area contributed by atoms with Gasteiger partial charge >= 0.3 is 0 Å². The summed E-state index contributed by atoms with van der Waals surface area (Å²) in [4.78, 5) is 12.3. The number of nitrogens with zero attached hydrogens (tertiary/aromatic N) is 1. The lowest BCUT2D eigenvalue weighted by Crippen LogP contribution is -2.31. The first-order valence-electron chi connectivity index (χ1n) is 9.19. The van der Waals surface area contributed by atoms with Crippen molar-refractivity contribution < 1.29 is 22.0 Å². The zero-order valence-corrected chi connectivity index (χ0v) is 17.2. The number of nitrogens with one attached hydrogen (secondary N) is 1. The third-order valence-corrected chi connectivity index (χ3v) is 6.43. The zero-order valence-electron chi connectivity index (χ0n) is 16.4. The molecule has 1 amide bonds. The van der Waals surface area contributed by atoms with E-state index in [0.29, 0.717) is 11.3 Å². The Morgan fingerprint density at radius 1 is 0.967 bits per heavy atom. The summed E-state index contributed by atoms with van der Waals surface area (Å²) < 4.78 is 55.4. The van der Waals surface area contributed by atoms with Crippen molar-refractivity contribution in [1.29, 1.82) is 0 Å². The molecule has 0 aliphatic rings. The first kappa shape index (κ1) is 21.4. The first-order chi connectivity index (χ1) is 14.2. The van der Waals surface area contributed by atoms with Crippen LogP contribution in [0.15, 0.2) is 71.6 Å². The van der Waals surface area contributed by atoms with Crippen molar-refractivity contribution >= 4 is 27.3 Å². The van der Waals surface area contributed by atoms with Gasteiger partial charge in [0.25, 0.3) is 15.9 Å². The first-order valence-corrected chi connectivity index (χ1v) is 10.6. The second-order valence-electron chi connectivity index (χ2n) is 6.57. The van der Waals surface area contributed by atoms with E-state index in [2.05, 4.69) is 5.32 Å². The number of halogens is 2. The molecule has 5 nitrogen and oxygen atoms in total. The van der Waals surface area contributed by atoms with Gasteiger partial charge in [-0.15, -0.1) is 0 Å². The van der Waals surface area contributed by atoms with Gasteiger partial charge in [0.1, 0.15) is 11.6 Å². The number of amides is 1. The molecule has 0 aromatic heterocycles. The Kier molecular flexibility index (Phi) is 6.17. The predicted octanol–water partition coefficient (Wildman–Crippen LogP) is 4.74. The fraction of sp³-hybridized carbons (Fsp3) is 0.136. The number of hydrogen-bond acceptors (Lipinski definition) is 3. The van der Waals surface area contributed by atoms with E-state index in [1.165, 1.54) is 12.1 Å². The number of hydrogen-bond donors (Lipinski definition) is 1. The number of carbonyl (C=O) groups excluding carboxylic acids is 1. The molecule has 8 heteroatoms. The Balaban J connectivity index is 1.95. The van der Waals surface area contributed by atoms with Crippen LogP contribution < -0.4 is 9.62 Å². The summed E-state index contributed by atoms with van der Waals surface area (Å²) in [6, 6.07) is 15.5. The van der Waals surface area contributed by atoms with Gasteiger partial charge in [-0.1, -0.05) is 24.3 Å². The van der Waals surface area contributed by atoms with Gasteiger partial charge in [-0.2, -0.15) is 0 Å². The van der Waals surface area contributed by atoms with Crippen molar-refractivity contribution in [1.82, 2.24) is 0 Å². The molecule has 0 aliphatic carbocycles. The lowest BCUT2D eigenvalue weighted by molar-refractivity contribution is 0.102. The Labute approximate surface area is 174 Å². The van der Waals surface area contributed by atoms with Crippen molar-refractivity contribution in [2.24, 2.45) is 0 Å². The minimum absolute atomic E-state index is 0.134. The van der Waals surface area contributed by atoms with Gasteiger partial charge in [0.05, 0.1) is 16.1 Å². The molecule has 0 radical (unpaired) electrons. The molecule has 3 aromatic rings. The van der Waals surface area contributed by atoms with Crippen molar-refractivity contribution in [3.8, 4) is 0 Å². The molecule has 0 saturated heterocycles. The molecular weight excluding hydrogens is 410 g/mol. The van der Waals surface area contributed by atoms with E-state index in [0.717, 1.165) is 28.6 Å². The number of para-hydroxylation sites is 1. The summed E-state index contributed by atoms with van der Waals surface area (Å²) >= 11 is 0. The minimum Gasteiger partial charge on any atom is -0.322 e. The van der Waals surface area contributed by atoms with Gasteiger partial charge in [-0.3, -0.25) is 9.10 Å². The molecule has 0 spiro atoms. The average Bonchev–Trinajstić information content (AvgIpc) is 2.72. The van der Waals surface area contributed by atoms with Gasteiger partial charge in [-0.05, 0) is 61.9 Å². The van der Waals surface area contributed by atoms with Crippen LogP contribution in [0.2, 0.25) is 0 Å². The predicted molar refractivity (Wildman–Crippen MR) is 112 cm³/mol.